The zero-order chi connectivity index (χ0) is 12.3. The second kappa shape index (κ2) is 5.03. The van der Waals surface area contributed by atoms with Crippen molar-refractivity contribution in [1.82, 2.24) is 21.3 Å². The fourth-order valence-corrected chi connectivity index (χ4v) is 2.12. The Hall–Kier alpha value is -1.79. The molecule has 0 aromatic rings. The van der Waals surface area contributed by atoms with Crippen molar-refractivity contribution in [3.63, 3.8) is 0 Å². The summed E-state index contributed by atoms with van der Waals surface area (Å²) in [6.45, 7) is 0. The molecule has 1 heterocycles. The molecule has 17 heavy (non-hydrogen) atoms. The van der Waals surface area contributed by atoms with E-state index in [2.05, 4.69) is 16.0 Å². The molecule has 2 aliphatic rings. The Morgan fingerprint density at radius 2 is 1.82 bits per heavy atom. The third-order valence-corrected chi connectivity index (χ3v) is 2.99. The Balaban J connectivity index is 1.76. The number of imide groups is 1. The molecule has 1 aliphatic carbocycles. The number of carbonyl (C=O) groups is 3. The molecule has 1 saturated carbocycles. The van der Waals surface area contributed by atoms with E-state index in [1.807, 2.05) is 5.32 Å². The SMILES string of the molecule is O=C1NC(=O)C(NC(=O)NC2CCCCC2)N1. The van der Waals surface area contributed by atoms with Gasteiger partial charge in [0.2, 0.25) is 0 Å². The largest absolute Gasteiger partial charge is 0.335 e. The fourth-order valence-electron chi connectivity index (χ4n) is 2.12. The molecule has 4 N–H and O–H groups in total. The van der Waals surface area contributed by atoms with Crippen LogP contribution in [0.2, 0.25) is 0 Å². The standard InChI is InChI=1S/C10H16N4O3/c15-8-7(13-10(17)14-8)12-9(16)11-6-4-2-1-3-5-6/h6-7H,1-5H2,(H2,11,12,16)(H2,13,14,15,17). The van der Waals surface area contributed by atoms with Crippen LogP contribution in [0.25, 0.3) is 0 Å². The summed E-state index contributed by atoms with van der Waals surface area (Å²) in [6, 6.07) is -0.832. The Labute approximate surface area is 98.7 Å². The van der Waals surface area contributed by atoms with Crippen LogP contribution in [0.4, 0.5) is 9.59 Å². The van der Waals surface area contributed by atoms with Crippen molar-refractivity contribution >= 4 is 18.0 Å². The third-order valence-electron chi connectivity index (χ3n) is 2.99. The minimum Gasteiger partial charge on any atom is -0.335 e. The van der Waals surface area contributed by atoms with Gasteiger partial charge in [0.25, 0.3) is 5.91 Å². The molecular formula is C10H16N4O3. The highest BCUT2D eigenvalue weighted by Crippen LogP contribution is 2.17. The van der Waals surface area contributed by atoms with Gasteiger partial charge in [-0.2, -0.15) is 0 Å². The number of carbonyl (C=O) groups excluding carboxylic acids is 3. The second-order valence-corrected chi connectivity index (χ2v) is 4.35. The molecule has 7 heteroatoms. The number of urea groups is 2. The van der Waals surface area contributed by atoms with E-state index in [4.69, 9.17) is 0 Å². The van der Waals surface area contributed by atoms with Crippen LogP contribution < -0.4 is 21.3 Å². The number of rotatable bonds is 2. The Bertz CT molecular complexity index is 338. The van der Waals surface area contributed by atoms with Crippen molar-refractivity contribution < 1.29 is 14.4 Å². The summed E-state index contributed by atoms with van der Waals surface area (Å²) in [5.41, 5.74) is 0. The number of amides is 5. The van der Waals surface area contributed by atoms with E-state index in [1.54, 1.807) is 0 Å². The van der Waals surface area contributed by atoms with E-state index in [9.17, 15) is 14.4 Å². The second-order valence-electron chi connectivity index (χ2n) is 4.35. The summed E-state index contributed by atoms with van der Waals surface area (Å²) >= 11 is 0. The predicted molar refractivity (Wildman–Crippen MR) is 59.0 cm³/mol. The first kappa shape index (κ1) is 11.7. The first-order valence-corrected chi connectivity index (χ1v) is 5.83. The molecule has 7 nitrogen and oxygen atoms in total. The summed E-state index contributed by atoms with van der Waals surface area (Å²) in [6.07, 6.45) is 4.41. The van der Waals surface area contributed by atoms with Crippen molar-refractivity contribution in [3.8, 4) is 0 Å². The molecule has 0 spiro atoms. The lowest BCUT2D eigenvalue weighted by Crippen LogP contribution is -2.52. The van der Waals surface area contributed by atoms with Gasteiger partial charge in [-0.1, -0.05) is 19.3 Å². The predicted octanol–water partition coefficient (Wildman–Crippen LogP) is -0.216. The maximum absolute atomic E-state index is 11.6. The Kier molecular flexibility index (Phi) is 3.46. The molecule has 1 unspecified atom stereocenters. The van der Waals surface area contributed by atoms with Gasteiger partial charge < -0.3 is 16.0 Å². The normalized spacial score (nSPS) is 25.1. The smallest absolute Gasteiger partial charge is 0.323 e. The van der Waals surface area contributed by atoms with Gasteiger partial charge in [-0.15, -0.1) is 0 Å². The van der Waals surface area contributed by atoms with E-state index >= 15 is 0 Å². The molecule has 2 rings (SSSR count). The summed E-state index contributed by atoms with van der Waals surface area (Å²) in [4.78, 5) is 33.6. The lowest BCUT2D eigenvalue weighted by atomic mass is 9.96. The lowest BCUT2D eigenvalue weighted by molar-refractivity contribution is -0.120. The third kappa shape index (κ3) is 3.08. The van der Waals surface area contributed by atoms with Gasteiger partial charge in [0.1, 0.15) is 0 Å². The molecule has 0 bridgehead atoms. The van der Waals surface area contributed by atoms with Crippen LogP contribution in [0, 0.1) is 0 Å². The van der Waals surface area contributed by atoms with Crippen LogP contribution in [0.3, 0.4) is 0 Å². The van der Waals surface area contributed by atoms with Crippen molar-refractivity contribution in [2.24, 2.45) is 0 Å². The van der Waals surface area contributed by atoms with Gasteiger partial charge in [-0.25, -0.2) is 9.59 Å². The summed E-state index contributed by atoms with van der Waals surface area (Å²) in [7, 11) is 0. The molecule has 0 aromatic heterocycles. The zero-order valence-corrected chi connectivity index (χ0v) is 9.41. The van der Waals surface area contributed by atoms with Crippen molar-refractivity contribution in [3.05, 3.63) is 0 Å². The molecule has 5 amide bonds. The Morgan fingerprint density at radius 1 is 1.12 bits per heavy atom. The molecule has 0 radical (unpaired) electrons. The molecule has 0 aromatic carbocycles. The average Bonchev–Trinajstić information content (AvgIpc) is 2.58. The molecule has 1 aliphatic heterocycles. The van der Waals surface area contributed by atoms with Gasteiger partial charge in [0.15, 0.2) is 6.17 Å². The van der Waals surface area contributed by atoms with Gasteiger partial charge in [0.05, 0.1) is 0 Å². The van der Waals surface area contributed by atoms with E-state index in [0.717, 1.165) is 25.7 Å². The van der Waals surface area contributed by atoms with E-state index in [-0.39, 0.29) is 6.04 Å². The molecule has 2 fully saturated rings. The van der Waals surface area contributed by atoms with Crippen molar-refractivity contribution in [1.29, 1.82) is 0 Å². The van der Waals surface area contributed by atoms with Crippen LogP contribution in [-0.2, 0) is 4.79 Å². The topological polar surface area (TPSA) is 99.3 Å². The first-order valence-electron chi connectivity index (χ1n) is 5.83. The van der Waals surface area contributed by atoms with Crippen molar-refractivity contribution in [2.75, 3.05) is 0 Å². The van der Waals surface area contributed by atoms with Crippen molar-refractivity contribution in [2.45, 2.75) is 44.3 Å². The zero-order valence-electron chi connectivity index (χ0n) is 9.41. The molecule has 94 valence electrons. The van der Waals surface area contributed by atoms with Gasteiger partial charge in [-0.05, 0) is 12.8 Å². The van der Waals surface area contributed by atoms with Crippen LogP contribution in [0.15, 0.2) is 0 Å². The quantitative estimate of drug-likeness (QED) is 0.502. The highest BCUT2D eigenvalue weighted by molar-refractivity contribution is 6.05. The maximum atomic E-state index is 11.6. The average molecular weight is 240 g/mol. The lowest BCUT2D eigenvalue weighted by Gasteiger charge is -2.23. The molecule has 1 saturated heterocycles. The summed E-state index contributed by atoms with van der Waals surface area (Å²) < 4.78 is 0. The van der Waals surface area contributed by atoms with E-state index < -0.39 is 24.1 Å². The highest BCUT2D eigenvalue weighted by Gasteiger charge is 2.31. The number of nitrogens with one attached hydrogen (secondary N) is 4. The van der Waals surface area contributed by atoms with E-state index in [0.29, 0.717) is 0 Å². The minimum absolute atomic E-state index is 0.170. The van der Waals surface area contributed by atoms with Gasteiger partial charge >= 0.3 is 12.1 Å². The van der Waals surface area contributed by atoms with Crippen LogP contribution >= 0.6 is 0 Å². The maximum Gasteiger partial charge on any atom is 0.323 e. The van der Waals surface area contributed by atoms with Gasteiger partial charge in [-0.3, -0.25) is 10.1 Å². The monoisotopic (exact) mass is 240 g/mol. The van der Waals surface area contributed by atoms with Crippen LogP contribution in [0.5, 0.6) is 0 Å². The van der Waals surface area contributed by atoms with Gasteiger partial charge in [0, 0.05) is 6.04 Å². The highest BCUT2D eigenvalue weighted by atomic mass is 16.2. The first-order chi connectivity index (χ1) is 8.15. The number of hydrogen-bond acceptors (Lipinski definition) is 3. The fraction of sp³-hybridized carbons (Fsp3) is 0.700. The molecule has 1 atom stereocenters. The summed E-state index contributed by atoms with van der Waals surface area (Å²) in [5.74, 6) is -0.534. The minimum atomic E-state index is -0.967. The van der Waals surface area contributed by atoms with Crippen LogP contribution in [0.1, 0.15) is 32.1 Å². The number of hydrogen-bond donors (Lipinski definition) is 4. The van der Waals surface area contributed by atoms with E-state index in [1.165, 1.54) is 6.42 Å². The molecular weight excluding hydrogens is 224 g/mol. The Morgan fingerprint density at radius 3 is 2.41 bits per heavy atom. The van der Waals surface area contributed by atoms with Crippen LogP contribution in [-0.4, -0.2) is 30.2 Å². The summed E-state index contributed by atoms with van der Waals surface area (Å²) in [5, 5.41) is 9.56.